The Morgan fingerprint density at radius 2 is 1.80 bits per heavy atom. The van der Waals surface area contributed by atoms with Gasteiger partial charge in [0.05, 0.1) is 15.6 Å². The smallest absolute Gasteiger partial charge is 0.275 e. The molecule has 0 amide bonds. The Bertz CT molecular complexity index is 665. The van der Waals surface area contributed by atoms with E-state index < -0.39 is 4.92 Å². The van der Waals surface area contributed by atoms with Gasteiger partial charge in [-0.1, -0.05) is 43.5 Å². The third-order valence-corrected chi connectivity index (χ3v) is 3.96. The fourth-order valence-electron chi connectivity index (χ4n) is 1.68. The van der Waals surface area contributed by atoms with E-state index in [1.165, 1.54) is 6.07 Å². The van der Waals surface area contributed by atoms with Crippen LogP contribution in [-0.2, 0) is 6.54 Å². The lowest BCUT2D eigenvalue weighted by molar-refractivity contribution is -0.385. The molecule has 0 aliphatic rings. The van der Waals surface area contributed by atoms with E-state index in [1.807, 2.05) is 12.1 Å². The number of nitrogens with zero attached hydrogens (tertiary/aromatic N) is 1. The van der Waals surface area contributed by atoms with Gasteiger partial charge in [0.1, 0.15) is 0 Å². The first-order valence-electron chi connectivity index (χ1n) is 5.59. The lowest BCUT2D eigenvalue weighted by Gasteiger charge is -2.09. The number of nitro groups is 1. The summed E-state index contributed by atoms with van der Waals surface area (Å²) in [7, 11) is 0. The first-order chi connectivity index (χ1) is 9.47. The summed E-state index contributed by atoms with van der Waals surface area (Å²) in [6, 6.07) is 10.4. The van der Waals surface area contributed by atoms with Crippen LogP contribution in [0.4, 0.5) is 11.4 Å². The number of benzene rings is 2. The topological polar surface area (TPSA) is 55.2 Å². The van der Waals surface area contributed by atoms with Crippen molar-refractivity contribution in [2.45, 2.75) is 6.54 Å². The van der Waals surface area contributed by atoms with E-state index in [0.29, 0.717) is 21.6 Å². The summed E-state index contributed by atoms with van der Waals surface area (Å²) < 4.78 is 1.56. The van der Waals surface area contributed by atoms with Crippen LogP contribution in [0, 0.1) is 10.1 Å². The second kappa shape index (κ2) is 6.56. The average molecular weight is 420 g/mol. The van der Waals surface area contributed by atoms with Crippen LogP contribution in [0.15, 0.2) is 45.3 Å². The van der Waals surface area contributed by atoms with Gasteiger partial charge in [0.2, 0.25) is 0 Å². The van der Waals surface area contributed by atoms with Crippen LogP contribution >= 0.6 is 43.5 Å². The van der Waals surface area contributed by atoms with Gasteiger partial charge >= 0.3 is 0 Å². The minimum absolute atomic E-state index is 0.0676. The van der Waals surface area contributed by atoms with Gasteiger partial charge in [0.25, 0.3) is 5.69 Å². The number of nitrogens with one attached hydrogen (secondary N) is 1. The summed E-state index contributed by atoms with van der Waals surface area (Å²) in [4.78, 5) is 10.6. The van der Waals surface area contributed by atoms with Crippen LogP contribution in [0.25, 0.3) is 0 Å². The largest absolute Gasteiger partial charge is 0.379 e. The third kappa shape index (κ3) is 3.71. The van der Waals surface area contributed by atoms with Gasteiger partial charge in [-0.05, 0) is 30.3 Å². The Balaban J connectivity index is 2.23. The van der Waals surface area contributed by atoms with Crippen LogP contribution < -0.4 is 5.32 Å². The first-order valence-corrected chi connectivity index (χ1v) is 7.55. The fraction of sp³-hybridized carbons (Fsp3) is 0.0769. The monoisotopic (exact) mass is 418 g/mol. The van der Waals surface area contributed by atoms with E-state index in [-0.39, 0.29) is 5.69 Å². The van der Waals surface area contributed by atoms with Crippen LogP contribution in [0.2, 0.25) is 5.02 Å². The van der Waals surface area contributed by atoms with Gasteiger partial charge in [-0.15, -0.1) is 0 Å². The normalized spacial score (nSPS) is 10.3. The average Bonchev–Trinajstić information content (AvgIpc) is 2.40. The van der Waals surface area contributed by atoms with Crippen LogP contribution in [0.1, 0.15) is 5.56 Å². The minimum Gasteiger partial charge on any atom is -0.379 e. The van der Waals surface area contributed by atoms with Crippen molar-refractivity contribution in [3.05, 3.63) is 66.0 Å². The van der Waals surface area contributed by atoms with E-state index in [2.05, 4.69) is 37.2 Å². The van der Waals surface area contributed by atoms with E-state index in [1.54, 1.807) is 18.2 Å². The van der Waals surface area contributed by atoms with E-state index in [9.17, 15) is 10.1 Å². The van der Waals surface area contributed by atoms with Crippen LogP contribution in [0.5, 0.6) is 0 Å². The van der Waals surface area contributed by atoms with Gasteiger partial charge in [0.15, 0.2) is 0 Å². The molecule has 20 heavy (non-hydrogen) atoms. The van der Waals surface area contributed by atoms with Crippen molar-refractivity contribution in [1.82, 2.24) is 0 Å². The molecule has 0 heterocycles. The van der Waals surface area contributed by atoms with Crippen molar-refractivity contribution in [2.24, 2.45) is 0 Å². The predicted octanol–water partition coefficient (Wildman–Crippen LogP) is 5.39. The van der Waals surface area contributed by atoms with Crippen LogP contribution in [0.3, 0.4) is 0 Å². The molecule has 2 rings (SSSR count). The van der Waals surface area contributed by atoms with Gasteiger partial charge in [-0.25, -0.2) is 0 Å². The highest BCUT2D eigenvalue weighted by atomic mass is 79.9. The molecule has 104 valence electrons. The fourth-order valence-corrected chi connectivity index (χ4v) is 2.57. The molecule has 0 aromatic heterocycles. The van der Waals surface area contributed by atoms with Crippen molar-refractivity contribution >= 4 is 54.8 Å². The zero-order valence-electron chi connectivity index (χ0n) is 10.1. The quantitative estimate of drug-likeness (QED) is 0.533. The van der Waals surface area contributed by atoms with Crippen molar-refractivity contribution < 1.29 is 4.92 Å². The predicted molar refractivity (Wildman–Crippen MR) is 87.3 cm³/mol. The summed E-state index contributed by atoms with van der Waals surface area (Å²) in [5.74, 6) is 0. The van der Waals surface area contributed by atoms with Crippen LogP contribution in [-0.4, -0.2) is 4.92 Å². The molecule has 4 nitrogen and oxygen atoms in total. The van der Waals surface area contributed by atoms with Crippen molar-refractivity contribution in [2.75, 3.05) is 5.32 Å². The lowest BCUT2D eigenvalue weighted by Crippen LogP contribution is -2.03. The molecule has 0 unspecified atom stereocenters. The number of halogens is 3. The Morgan fingerprint density at radius 3 is 2.50 bits per heavy atom. The molecule has 0 saturated carbocycles. The number of anilines is 1. The van der Waals surface area contributed by atoms with E-state index in [0.717, 1.165) is 10.2 Å². The number of rotatable bonds is 4. The second-order valence-electron chi connectivity index (χ2n) is 4.01. The highest BCUT2D eigenvalue weighted by molar-refractivity contribution is 9.10. The maximum Gasteiger partial charge on any atom is 0.275 e. The Labute approximate surface area is 137 Å². The summed E-state index contributed by atoms with van der Waals surface area (Å²) >= 11 is 12.7. The van der Waals surface area contributed by atoms with Crippen molar-refractivity contribution in [3.8, 4) is 0 Å². The van der Waals surface area contributed by atoms with Gasteiger partial charge in [-0.3, -0.25) is 10.1 Å². The molecule has 2 aromatic carbocycles. The van der Waals surface area contributed by atoms with Gasteiger partial charge in [-0.2, -0.15) is 0 Å². The number of nitro benzene ring substituents is 1. The molecule has 0 bridgehead atoms. The standard InChI is InChI=1S/C13H9Br2ClN2O2/c14-9-3-4-11(16)12(5-9)17-7-8-1-2-10(15)6-13(8)18(19)20/h1-6,17H,7H2. The Kier molecular flexibility index (Phi) is 5.01. The highest BCUT2D eigenvalue weighted by Gasteiger charge is 2.14. The van der Waals surface area contributed by atoms with E-state index >= 15 is 0 Å². The zero-order chi connectivity index (χ0) is 14.7. The first kappa shape index (κ1) is 15.3. The lowest BCUT2D eigenvalue weighted by atomic mass is 10.2. The summed E-state index contributed by atoms with van der Waals surface area (Å²) in [6.07, 6.45) is 0. The zero-order valence-corrected chi connectivity index (χ0v) is 14.0. The molecule has 1 N–H and O–H groups in total. The summed E-state index contributed by atoms with van der Waals surface area (Å²) in [6.45, 7) is 0.319. The molecule has 0 fully saturated rings. The molecule has 0 saturated heterocycles. The molecule has 0 aliphatic heterocycles. The molecular weight excluding hydrogens is 411 g/mol. The van der Waals surface area contributed by atoms with Crippen molar-refractivity contribution in [1.29, 1.82) is 0 Å². The van der Waals surface area contributed by atoms with E-state index in [4.69, 9.17) is 11.6 Å². The Hall–Kier alpha value is -1.11. The number of hydrogen-bond acceptors (Lipinski definition) is 3. The molecule has 0 aliphatic carbocycles. The minimum atomic E-state index is -0.399. The number of hydrogen-bond donors (Lipinski definition) is 1. The van der Waals surface area contributed by atoms with Crippen molar-refractivity contribution in [3.63, 3.8) is 0 Å². The molecule has 0 radical (unpaired) electrons. The maximum atomic E-state index is 11.0. The molecular formula is C13H9Br2ClN2O2. The maximum absolute atomic E-state index is 11.0. The molecule has 0 spiro atoms. The Morgan fingerprint density at radius 1 is 1.15 bits per heavy atom. The molecule has 0 atom stereocenters. The molecule has 7 heteroatoms. The summed E-state index contributed by atoms with van der Waals surface area (Å²) in [5.41, 5.74) is 1.38. The second-order valence-corrected chi connectivity index (χ2v) is 6.25. The summed E-state index contributed by atoms with van der Waals surface area (Å²) in [5, 5.41) is 14.7. The van der Waals surface area contributed by atoms with Gasteiger partial charge < -0.3 is 5.32 Å². The SMILES string of the molecule is O=[N+]([O-])c1cc(Br)ccc1CNc1cc(Br)ccc1Cl. The van der Waals surface area contributed by atoms with Gasteiger partial charge in [0, 0.05) is 27.1 Å². The third-order valence-electron chi connectivity index (χ3n) is 2.64. The highest BCUT2D eigenvalue weighted by Crippen LogP contribution is 2.28. The molecule has 2 aromatic rings.